The van der Waals surface area contributed by atoms with Gasteiger partial charge in [-0.3, -0.25) is 14.3 Å². The van der Waals surface area contributed by atoms with Crippen molar-refractivity contribution in [3.05, 3.63) is 53.6 Å². The highest BCUT2D eigenvalue weighted by Gasteiger charge is 2.17. The van der Waals surface area contributed by atoms with Crippen LogP contribution >= 0.6 is 0 Å². The summed E-state index contributed by atoms with van der Waals surface area (Å²) in [6, 6.07) is 7.71. The predicted molar refractivity (Wildman–Crippen MR) is 94.4 cm³/mol. The number of nitrogens with one attached hydrogen (secondary N) is 3. The fourth-order valence-electron chi connectivity index (χ4n) is 2.90. The predicted octanol–water partition coefficient (Wildman–Crippen LogP) is 1.11. The minimum atomic E-state index is -0.572. The van der Waals surface area contributed by atoms with E-state index in [4.69, 9.17) is 0 Å². The topological polar surface area (TPSA) is 88.0 Å². The van der Waals surface area contributed by atoms with Gasteiger partial charge in [0, 0.05) is 25.8 Å². The molecule has 1 aromatic heterocycles. The number of hydrogen-bond acceptors (Lipinski definition) is 4. The van der Waals surface area contributed by atoms with E-state index in [1.54, 1.807) is 12.1 Å². The fourth-order valence-corrected chi connectivity index (χ4v) is 2.90. The molecule has 0 spiro atoms. The highest BCUT2D eigenvalue weighted by Crippen LogP contribution is 2.15. The third-order valence-electron chi connectivity index (χ3n) is 4.30. The lowest BCUT2D eigenvalue weighted by molar-refractivity contribution is 0.0922. The van der Waals surface area contributed by atoms with Gasteiger partial charge in [-0.1, -0.05) is 12.1 Å². The van der Waals surface area contributed by atoms with Gasteiger partial charge in [-0.15, -0.1) is 0 Å². The maximum atomic E-state index is 13.5. The van der Waals surface area contributed by atoms with Crippen molar-refractivity contribution in [1.29, 1.82) is 0 Å². The van der Waals surface area contributed by atoms with Crippen molar-refractivity contribution >= 4 is 11.8 Å². The molecule has 8 heteroatoms. The van der Waals surface area contributed by atoms with E-state index in [9.17, 15) is 14.0 Å². The molecule has 2 aromatic rings. The Bertz CT molecular complexity index is 770. The Morgan fingerprint density at radius 3 is 2.69 bits per heavy atom. The van der Waals surface area contributed by atoms with Crippen molar-refractivity contribution in [2.45, 2.75) is 18.9 Å². The van der Waals surface area contributed by atoms with Crippen LogP contribution in [0.1, 0.15) is 39.7 Å². The van der Waals surface area contributed by atoms with Gasteiger partial charge in [-0.25, -0.2) is 4.39 Å². The normalized spacial score (nSPS) is 16.9. The van der Waals surface area contributed by atoms with Gasteiger partial charge in [0.2, 0.25) is 0 Å². The van der Waals surface area contributed by atoms with Crippen molar-refractivity contribution in [3.63, 3.8) is 0 Å². The summed E-state index contributed by atoms with van der Waals surface area (Å²) in [6.07, 6.45) is 3.94. The number of amides is 2. The zero-order chi connectivity index (χ0) is 18.4. The second-order valence-electron chi connectivity index (χ2n) is 6.17. The molecule has 3 N–H and O–H groups in total. The van der Waals surface area contributed by atoms with Gasteiger partial charge < -0.3 is 16.0 Å². The van der Waals surface area contributed by atoms with Gasteiger partial charge >= 0.3 is 0 Å². The standard InChI is InChI=1S/C18H22FN5O2/c19-15-6-2-1-5-14(15)17(25)21-9-10-22-18(26)16-7-11-24(23-16)13-4-3-8-20-12-13/h1-2,5-7,11,13,20H,3-4,8-10,12H2,(H,21,25)(H,22,26). The summed E-state index contributed by atoms with van der Waals surface area (Å²) in [6.45, 7) is 2.30. The van der Waals surface area contributed by atoms with Crippen molar-refractivity contribution < 1.29 is 14.0 Å². The molecule has 3 rings (SSSR count). The van der Waals surface area contributed by atoms with Crippen LogP contribution in [0.25, 0.3) is 0 Å². The zero-order valence-corrected chi connectivity index (χ0v) is 14.4. The number of aromatic nitrogens is 2. The molecular weight excluding hydrogens is 337 g/mol. The minimum absolute atomic E-state index is 0.0151. The van der Waals surface area contributed by atoms with E-state index in [-0.39, 0.29) is 30.6 Å². The van der Waals surface area contributed by atoms with Crippen LogP contribution in [0.3, 0.4) is 0 Å². The molecular formula is C18H22FN5O2. The summed E-state index contributed by atoms with van der Waals surface area (Å²) >= 11 is 0. The minimum Gasteiger partial charge on any atom is -0.350 e. The summed E-state index contributed by atoms with van der Waals surface area (Å²) in [4.78, 5) is 24.0. The number of nitrogens with zero attached hydrogens (tertiary/aromatic N) is 2. The van der Waals surface area contributed by atoms with Crippen LogP contribution in [-0.2, 0) is 0 Å². The second kappa shape index (κ2) is 8.57. The Balaban J connectivity index is 1.43. The largest absolute Gasteiger partial charge is 0.350 e. The molecule has 1 saturated heterocycles. The van der Waals surface area contributed by atoms with Gasteiger partial charge in [0.1, 0.15) is 11.5 Å². The highest BCUT2D eigenvalue weighted by atomic mass is 19.1. The molecule has 138 valence electrons. The molecule has 0 radical (unpaired) electrons. The Hall–Kier alpha value is -2.74. The van der Waals surface area contributed by atoms with E-state index < -0.39 is 11.7 Å². The summed E-state index contributed by atoms with van der Waals surface area (Å²) in [5.41, 5.74) is 0.328. The summed E-state index contributed by atoms with van der Waals surface area (Å²) in [7, 11) is 0. The number of benzene rings is 1. The van der Waals surface area contributed by atoms with Crippen LogP contribution in [0.2, 0.25) is 0 Å². The van der Waals surface area contributed by atoms with E-state index in [2.05, 4.69) is 21.0 Å². The molecule has 1 aliphatic heterocycles. The third kappa shape index (κ3) is 4.45. The number of carbonyl (C=O) groups is 2. The number of hydrogen-bond donors (Lipinski definition) is 3. The van der Waals surface area contributed by atoms with E-state index in [1.807, 2.05) is 10.9 Å². The van der Waals surface area contributed by atoms with Crippen LogP contribution in [0.4, 0.5) is 4.39 Å². The average Bonchev–Trinajstić information content (AvgIpc) is 3.16. The maximum absolute atomic E-state index is 13.5. The first-order valence-corrected chi connectivity index (χ1v) is 8.72. The molecule has 1 aromatic carbocycles. The van der Waals surface area contributed by atoms with Gasteiger partial charge in [0.15, 0.2) is 0 Å². The van der Waals surface area contributed by atoms with Crippen LogP contribution < -0.4 is 16.0 Å². The number of halogens is 1. The summed E-state index contributed by atoms with van der Waals surface area (Å²) in [5.74, 6) is -1.38. The molecule has 1 unspecified atom stereocenters. The quantitative estimate of drug-likeness (QED) is 0.674. The lowest BCUT2D eigenvalue weighted by atomic mass is 10.1. The van der Waals surface area contributed by atoms with E-state index in [1.165, 1.54) is 18.2 Å². The molecule has 2 amide bonds. The van der Waals surface area contributed by atoms with Gasteiger partial charge in [-0.05, 0) is 37.6 Å². The number of rotatable bonds is 6. The van der Waals surface area contributed by atoms with Crippen LogP contribution in [-0.4, -0.2) is 47.8 Å². The zero-order valence-electron chi connectivity index (χ0n) is 14.4. The Kier molecular flexibility index (Phi) is 5.96. The van der Waals surface area contributed by atoms with Crippen molar-refractivity contribution in [2.75, 3.05) is 26.2 Å². The lowest BCUT2D eigenvalue weighted by Gasteiger charge is -2.22. The summed E-state index contributed by atoms with van der Waals surface area (Å²) < 4.78 is 15.3. The van der Waals surface area contributed by atoms with Gasteiger partial charge in [0.25, 0.3) is 11.8 Å². The Morgan fingerprint density at radius 2 is 1.96 bits per heavy atom. The second-order valence-corrected chi connectivity index (χ2v) is 6.17. The molecule has 1 aliphatic rings. The van der Waals surface area contributed by atoms with E-state index in [0.717, 1.165) is 25.9 Å². The molecule has 7 nitrogen and oxygen atoms in total. The maximum Gasteiger partial charge on any atom is 0.271 e. The van der Waals surface area contributed by atoms with Crippen molar-refractivity contribution in [2.24, 2.45) is 0 Å². The fraction of sp³-hybridized carbons (Fsp3) is 0.389. The first-order valence-electron chi connectivity index (χ1n) is 8.72. The first-order chi connectivity index (χ1) is 12.6. The Labute approximate surface area is 151 Å². The smallest absolute Gasteiger partial charge is 0.271 e. The van der Waals surface area contributed by atoms with Crippen molar-refractivity contribution in [3.8, 4) is 0 Å². The molecule has 2 heterocycles. The average molecular weight is 359 g/mol. The molecule has 1 fully saturated rings. The Morgan fingerprint density at radius 1 is 1.19 bits per heavy atom. The molecule has 1 atom stereocenters. The van der Waals surface area contributed by atoms with Crippen LogP contribution in [0, 0.1) is 5.82 Å². The molecule has 0 saturated carbocycles. The third-order valence-corrected chi connectivity index (χ3v) is 4.30. The monoisotopic (exact) mass is 359 g/mol. The molecule has 0 aliphatic carbocycles. The van der Waals surface area contributed by atoms with Gasteiger partial charge in [-0.2, -0.15) is 5.10 Å². The van der Waals surface area contributed by atoms with E-state index >= 15 is 0 Å². The van der Waals surface area contributed by atoms with E-state index in [0.29, 0.717) is 5.69 Å². The van der Waals surface area contributed by atoms with Crippen molar-refractivity contribution in [1.82, 2.24) is 25.7 Å². The van der Waals surface area contributed by atoms with Gasteiger partial charge in [0.05, 0.1) is 11.6 Å². The molecule has 0 bridgehead atoms. The number of piperidine rings is 1. The van der Waals surface area contributed by atoms with Crippen LogP contribution in [0.15, 0.2) is 36.5 Å². The van der Waals surface area contributed by atoms with Crippen LogP contribution in [0.5, 0.6) is 0 Å². The lowest BCUT2D eigenvalue weighted by Crippen LogP contribution is -2.35. The number of carbonyl (C=O) groups excluding carboxylic acids is 2. The highest BCUT2D eigenvalue weighted by molar-refractivity contribution is 5.94. The summed E-state index contributed by atoms with van der Waals surface area (Å²) in [5, 5.41) is 12.9. The molecule has 26 heavy (non-hydrogen) atoms. The first kappa shape index (κ1) is 18.1. The SMILES string of the molecule is O=C(NCCNC(=O)c1ccccc1F)c1ccn(C2CCCNC2)n1.